The normalized spacial score (nSPS) is 12.3. The Morgan fingerprint density at radius 1 is 1.20 bits per heavy atom. The molecule has 0 aromatic carbocycles. The molecule has 0 bridgehead atoms. The van der Waals surface area contributed by atoms with Gasteiger partial charge < -0.3 is 10.4 Å². The van der Waals surface area contributed by atoms with Gasteiger partial charge in [0.25, 0.3) is 0 Å². The monoisotopic (exact) mass is 302 g/mol. The van der Waals surface area contributed by atoms with Crippen LogP contribution in [0.3, 0.4) is 0 Å². The number of hydrogen-bond donors (Lipinski definition) is 2. The lowest BCUT2D eigenvalue weighted by Crippen LogP contribution is -2.18. The van der Waals surface area contributed by atoms with Gasteiger partial charge in [-0.25, -0.2) is 9.78 Å². The van der Waals surface area contributed by atoms with E-state index in [-0.39, 0.29) is 0 Å². The summed E-state index contributed by atoms with van der Waals surface area (Å²) in [6.45, 7) is -0.780. The van der Waals surface area contributed by atoms with Crippen LogP contribution < -0.4 is 5.32 Å². The van der Waals surface area contributed by atoms with E-state index in [1.54, 1.807) is 0 Å². The molecule has 0 saturated carbocycles. The minimum Gasteiger partial charge on any atom is -0.478 e. The third-order valence-corrected chi connectivity index (χ3v) is 2.12. The predicted molar refractivity (Wildman–Crippen MR) is 55.4 cm³/mol. The minimum atomic E-state index is -4.82. The molecule has 0 aliphatic carbocycles. The maximum atomic E-state index is 12.4. The van der Waals surface area contributed by atoms with Crippen molar-refractivity contribution < 1.29 is 36.2 Å². The fraction of sp³-hybridized carbons (Fsp3) is 0.400. The molecule has 4 nitrogen and oxygen atoms in total. The summed E-state index contributed by atoms with van der Waals surface area (Å²) in [5.74, 6) is -2.35. The number of carboxylic acids is 1. The molecular formula is C10H8F6N2O2. The number of aromatic nitrogens is 1. The van der Waals surface area contributed by atoms with Gasteiger partial charge in [-0.2, -0.15) is 26.3 Å². The van der Waals surface area contributed by atoms with Gasteiger partial charge in [-0.1, -0.05) is 0 Å². The first-order valence-corrected chi connectivity index (χ1v) is 5.13. The van der Waals surface area contributed by atoms with Crippen molar-refractivity contribution in [3.63, 3.8) is 0 Å². The average molecular weight is 302 g/mol. The molecule has 0 atom stereocenters. The fourth-order valence-electron chi connectivity index (χ4n) is 1.25. The molecule has 0 amide bonds. The molecule has 112 valence electrons. The first-order chi connectivity index (χ1) is 9.00. The van der Waals surface area contributed by atoms with Crippen molar-refractivity contribution in [2.24, 2.45) is 0 Å². The van der Waals surface area contributed by atoms with Crippen LogP contribution in [-0.2, 0) is 6.18 Å². The summed E-state index contributed by atoms with van der Waals surface area (Å²) >= 11 is 0. The molecule has 20 heavy (non-hydrogen) atoms. The van der Waals surface area contributed by atoms with Crippen molar-refractivity contribution in [3.05, 3.63) is 23.4 Å². The Morgan fingerprint density at radius 2 is 1.80 bits per heavy atom. The Labute approximate surface area is 108 Å². The van der Waals surface area contributed by atoms with Crippen molar-refractivity contribution in [3.8, 4) is 0 Å². The first kappa shape index (κ1) is 16.1. The molecule has 0 radical (unpaired) electrons. The molecule has 0 fully saturated rings. The summed E-state index contributed by atoms with van der Waals surface area (Å²) in [5, 5.41) is 10.7. The number of anilines is 1. The number of nitrogens with zero attached hydrogens (tertiary/aromatic N) is 1. The first-order valence-electron chi connectivity index (χ1n) is 5.13. The van der Waals surface area contributed by atoms with Crippen LogP contribution in [0.4, 0.5) is 32.2 Å². The van der Waals surface area contributed by atoms with E-state index in [0.29, 0.717) is 12.1 Å². The van der Waals surface area contributed by atoms with Crippen LogP contribution in [0.15, 0.2) is 12.1 Å². The lowest BCUT2D eigenvalue weighted by atomic mass is 10.2. The number of rotatable bonds is 4. The van der Waals surface area contributed by atoms with E-state index < -0.39 is 48.4 Å². The zero-order chi connectivity index (χ0) is 15.6. The molecule has 0 spiro atoms. The van der Waals surface area contributed by atoms with Gasteiger partial charge in [-0.15, -0.1) is 0 Å². The van der Waals surface area contributed by atoms with Crippen molar-refractivity contribution in [1.29, 1.82) is 0 Å². The number of alkyl halides is 6. The van der Waals surface area contributed by atoms with Crippen LogP contribution in [0, 0.1) is 0 Å². The van der Waals surface area contributed by atoms with Gasteiger partial charge in [0, 0.05) is 6.54 Å². The van der Waals surface area contributed by atoms with E-state index >= 15 is 0 Å². The number of carbonyl (C=O) groups is 1. The quantitative estimate of drug-likeness (QED) is 0.839. The Bertz CT molecular complexity index is 498. The molecule has 1 rings (SSSR count). The van der Waals surface area contributed by atoms with Crippen LogP contribution in [0.1, 0.15) is 22.5 Å². The SMILES string of the molecule is O=C(O)c1ccc(C(F)(F)F)nc1NCCC(F)(F)F. The molecule has 0 unspecified atom stereocenters. The smallest absolute Gasteiger partial charge is 0.433 e. The van der Waals surface area contributed by atoms with Gasteiger partial charge in [0.1, 0.15) is 17.1 Å². The number of halogens is 6. The van der Waals surface area contributed by atoms with Gasteiger partial charge in [0.2, 0.25) is 0 Å². The molecule has 0 saturated heterocycles. The number of nitrogens with one attached hydrogen (secondary N) is 1. The zero-order valence-corrected chi connectivity index (χ0v) is 9.64. The topological polar surface area (TPSA) is 62.2 Å². The zero-order valence-electron chi connectivity index (χ0n) is 9.64. The summed E-state index contributed by atoms with van der Waals surface area (Å²) in [6, 6.07) is 1.08. The van der Waals surface area contributed by atoms with Crippen LogP contribution in [0.2, 0.25) is 0 Å². The average Bonchev–Trinajstić information content (AvgIpc) is 2.25. The predicted octanol–water partition coefficient (Wildman–Crippen LogP) is 3.16. The van der Waals surface area contributed by atoms with Crippen molar-refractivity contribution in [2.75, 3.05) is 11.9 Å². The molecule has 1 aromatic rings. The maximum Gasteiger partial charge on any atom is 0.433 e. The lowest BCUT2D eigenvalue weighted by Gasteiger charge is -2.13. The Kier molecular flexibility index (Phi) is 4.46. The van der Waals surface area contributed by atoms with Gasteiger partial charge in [-0.3, -0.25) is 0 Å². The summed E-state index contributed by atoms with van der Waals surface area (Å²) < 4.78 is 73.0. The molecule has 2 N–H and O–H groups in total. The maximum absolute atomic E-state index is 12.4. The van der Waals surface area contributed by atoms with E-state index in [4.69, 9.17) is 5.11 Å². The van der Waals surface area contributed by atoms with E-state index in [2.05, 4.69) is 4.98 Å². The second-order valence-electron chi connectivity index (χ2n) is 3.69. The van der Waals surface area contributed by atoms with Gasteiger partial charge in [0.05, 0.1) is 6.42 Å². The van der Waals surface area contributed by atoms with Gasteiger partial charge in [0.15, 0.2) is 0 Å². The fourth-order valence-corrected chi connectivity index (χ4v) is 1.25. The molecule has 0 aliphatic heterocycles. The van der Waals surface area contributed by atoms with E-state index in [0.717, 1.165) is 0 Å². The molecule has 0 aliphatic rings. The Balaban J connectivity index is 2.98. The third-order valence-electron chi connectivity index (χ3n) is 2.12. The van der Waals surface area contributed by atoms with Crippen molar-refractivity contribution >= 4 is 11.8 Å². The standard InChI is InChI=1S/C10H8F6N2O2/c11-9(12,13)3-4-17-7-5(8(19)20)1-2-6(18-7)10(14,15)16/h1-2H,3-4H2,(H,17,18)(H,19,20). The molecular weight excluding hydrogens is 294 g/mol. The molecule has 10 heteroatoms. The van der Waals surface area contributed by atoms with Crippen LogP contribution in [-0.4, -0.2) is 28.8 Å². The number of pyridine rings is 1. The summed E-state index contributed by atoms with van der Waals surface area (Å²) in [4.78, 5) is 13.8. The molecule has 1 aromatic heterocycles. The summed E-state index contributed by atoms with van der Waals surface area (Å²) in [6.07, 6.45) is -10.7. The highest BCUT2D eigenvalue weighted by Gasteiger charge is 2.34. The second kappa shape index (κ2) is 5.55. The second-order valence-corrected chi connectivity index (χ2v) is 3.69. The van der Waals surface area contributed by atoms with E-state index in [9.17, 15) is 31.1 Å². The van der Waals surface area contributed by atoms with Crippen LogP contribution in [0.25, 0.3) is 0 Å². The van der Waals surface area contributed by atoms with Gasteiger partial charge >= 0.3 is 18.3 Å². The highest BCUT2D eigenvalue weighted by atomic mass is 19.4. The van der Waals surface area contributed by atoms with Crippen molar-refractivity contribution in [1.82, 2.24) is 4.98 Å². The van der Waals surface area contributed by atoms with E-state index in [1.807, 2.05) is 5.32 Å². The highest BCUT2D eigenvalue weighted by molar-refractivity contribution is 5.93. The van der Waals surface area contributed by atoms with Crippen LogP contribution in [0.5, 0.6) is 0 Å². The third kappa shape index (κ3) is 4.59. The van der Waals surface area contributed by atoms with Crippen LogP contribution >= 0.6 is 0 Å². The van der Waals surface area contributed by atoms with E-state index in [1.165, 1.54) is 0 Å². The summed E-state index contributed by atoms with van der Waals surface area (Å²) in [7, 11) is 0. The van der Waals surface area contributed by atoms with Gasteiger partial charge in [-0.05, 0) is 12.1 Å². The Hall–Kier alpha value is -2.00. The van der Waals surface area contributed by atoms with Crippen molar-refractivity contribution in [2.45, 2.75) is 18.8 Å². The lowest BCUT2D eigenvalue weighted by molar-refractivity contribution is -0.141. The minimum absolute atomic E-state index is 0.443. The summed E-state index contributed by atoms with van der Waals surface area (Å²) in [5.41, 5.74) is -2.03. The number of carboxylic acid groups (broad SMARTS) is 1. The number of hydrogen-bond acceptors (Lipinski definition) is 3. The largest absolute Gasteiger partial charge is 0.478 e. The molecule has 1 heterocycles. The Morgan fingerprint density at radius 3 is 2.25 bits per heavy atom. The highest BCUT2D eigenvalue weighted by Crippen LogP contribution is 2.29. The number of aromatic carboxylic acids is 1.